The molecule has 0 aliphatic carbocycles. The standard InChI is InChI=1S/C27H38N6O5/c1-18(21-8-6-20(7-9-21)16-31-12-14-32(15-13-31)25(34)35)29-24-28-11-10-23(30-24)33-22(17-37-26(33)36)19(2)38-27(3,4)5/h6-11,18-19,22H,12-17H2,1-5H3,(H,34,35)(H,28,29,30)/t18-,19+,22?/m0/s1. The Morgan fingerprint density at radius 3 is 2.47 bits per heavy atom. The number of hydrogen-bond acceptors (Lipinski definition) is 8. The first kappa shape index (κ1) is 27.6. The molecule has 2 saturated heterocycles. The minimum Gasteiger partial charge on any atom is -0.465 e. The number of carboxylic acid groups (broad SMARTS) is 1. The highest BCUT2D eigenvalue weighted by Gasteiger charge is 2.40. The van der Waals surface area contributed by atoms with Gasteiger partial charge in [0.25, 0.3) is 0 Å². The molecule has 206 valence electrons. The number of amides is 2. The maximum absolute atomic E-state index is 12.6. The number of piperazine rings is 1. The topological polar surface area (TPSA) is 120 Å². The van der Waals surface area contributed by atoms with Crippen LogP contribution in [0.4, 0.5) is 21.4 Å². The summed E-state index contributed by atoms with van der Waals surface area (Å²) < 4.78 is 11.4. The quantitative estimate of drug-likeness (QED) is 0.526. The Hall–Kier alpha value is -3.44. The maximum Gasteiger partial charge on any atom is 0.416 e. The molecule has 0 saturated carbocycles. The van der Waals surface area contributed by atoms with E-state index in [2.05, 4.69) is 44.5 Å². The van der Waals surface area contributed by atoms with Gasteiger partial charge in [0.1, 0.15) is 18.5 Å². The summed E-state index contributed by atoms with van der Waals surface area (Å²) in [7, 11) is 0. The van der Waals surface area contributed by atoms with E-state index in [1.54, 1.807) is 17.2 Å². The van der Waals surface area contributed by atoms with E-state index in [9.17, 15) is 9.59 Å². The molecule has 0 spiro atoms. The number of ether oxygens (including phenoxy) is 2. The first-order valence-corrected chi connectivity index (χ1v) is 13.0. The summed E-state index contributed by atoms with van der Waals surface area (Å²) in [5.74, 6) is 0.878. The summed E-state index contributed by atoms with van der Waals surface area (Å²) in [6.45, 7) is 13.5. The monoisotopic (exact) mass is 526 g/mol. The molecule has 2 aromatic rings. The Kier molecular flexibility index (Phi) is 8.37. The van der Waals surface area contributed by atoms with E-state index >= 15 is 0 Å². The molecule has 0 bridgehead atoms. The summed E-state index contributed by atoms with van der Waals surface area (Å²) in [6, 6.07) is 9.67. The second-order valence-corrected chi connectivity index (χ2v) is 10.8. The Balaban J connectivity index is 1.37. The van der Waals surface area contributed by atoms with E-state index in [1.165, 1.54) is 10.5 Å². The van der Waals surface area contributed by atoms with Crippen LogP contribution in [0, 0.1) is 0 Å². The lowest BCUT2D eigenvalue weighted by atomic mass is 10.1. The van der Waals surface area contributed by atoms with Gasteiger partial charge >= 0.3 is 12.2 Å². The Morgan fingerprint density at radius 1 is 1.16 bits per heavy atom. The van der Waals surface area contributed by atoms with E-state index in [4.69, 9.17) is 14.6 Å². The molecule has 1 unspecified atom stereocenters. The van der Waals surface area contributed by atoms with E-state index in [0.29, 0.717) is 24.9 Å². The molecule has 3 atom stereocenters. The molecule has 3 heterocycles. The summed E-state index contributed by atoms with van der Waals surface area (Å²) in [5.41, 5.74) is 1.90. The van der Waals surface area contributed by atoms with Gasteiger partial charge in [0, 0.05) is 38.9 Å². The highest BCUT2D eigenvalue weighted by molar-refractivity contribution is 5.89. The van der Waals surface area contributed by atoms with Crippen LogP contribution in [0.25, 0.3) is 0 Å². The third kappa shape index (κ3) is 6.90. The average Bonchev–Trinajstić information content (AvgIpc) is 3.25. The second kappa shape index (κ2) is 11.5. The molecular formula is C27H38N6O5. The molecule has 4 rings (SSSR count). The van der Waals surface area contributed by atoms with Gasteiger partial charge in [-0.15, -0.1) is 0 Å². The molecule has 2 aliphatic rings. The first-order chi connectivity index (χ1) is 18.0. The smallest absolute Gasteiger partial charge is 0.416 e. The van der Waals surface area contributed by atoms with E-state index in [1.807, 2.05) is 34.6 Å². The van der Waals surface area contributed by atoms with Gasteiger partial charge in [0.15, 0.2) is 0 Å². The van der Waals surface area contributed by atoms with Crippen molar-refractivity contribution in [1.82, 2.24) is 19.8 Å². The molecule has 2 aliphatic heterocycles. The van der Waals surface area contributed by atoms with Crippen molar-refractivity contribution in [2.45, 2.75) is 65.0 Å². The van der Waals surface area contributed by atoms with Gasteiger partial charge in [-0.1, -0.05) is 24.3 Å². The molecule has 38 heavy (non-hydrogen) atoms. The fourth-order valence-corrected chi connectivity index (χ4v) is 4.78. The van der Waals surface area contributed by atoms with Crippen LogP contribution in [0.15, 0.2) is 36.5 Å². The SMILES string of the molecule is C[C@H](Nc1nccc(N2C(=O)OCC2[C@@H](C)OC(C)(C)C)n1)c1ccc(CN2CCN(C(=O)O)CC2)cc1. The van der Waals surface area contributed by atoms with Gasteiger partial charge < -0.3 is 24.8 Å². The largest absolute Gasteiger partial charge is 0.465 e. The number of nitrogens with zero attached hydrogens (tertiary/aromatic N) is 5. The van der Waals surface area contributed by atoms with Crippen LogP contribution in [-0.2, 0) is 16.0 Å². The maximum atomic E-state index is 12.6. The lowest BCUT2D eigenvalue weighted by Crippen LogP contribution is -2.47. The van der Waals surface area contributed by atoms with Gasteiger partial charge in [0.05, 0.1) is 17.7 Å². The molecule has 2 amide bonds. The van der Waals surface area contributed by atoms with Crippen LogP contribution in [0.2, 0.25) is 0 Å². The van der Waals surface area contributed by atoms with Crippen molar-refractivity contribution in [3.8, 4) is 0 Å². The molecule has 11 nitrogen and oxygen atoms in total. The van der Waals surface area contributed by atoms with Gasteiger partial charge in [-0.2, -0.15) is 4.98 Å². The number of cyclic esters (lactones) is 1. The van der Waals surface area contributed by atoms with Crippen molar-refractivity contribution < 1.29 is 24.2 Å². The van der Waals surface area contributed by atoms with Crippen molar-refractivity contribution in [3.05, 3.63) is 47.7 Å². The molecule has 1 aromatic heterocycles. The summed E-state index contributed by atoms with van der Waals surface area (Å²) in [4.78, 5) is 37.9. The molecule has 2 N–H and O–H groups in total. The second-order valence-electron chi connectivity index (χ2n) is 10.8. The number of aromatic nitrogens is 2. The van der Waals surface area contributed by atoms with Crippen LogP contribution in [-0.4, -0.2) is 87.6 Å². The van der Waals surface area contributed by atoms with Gasteiger partial charge in [-0.25, -0.2) is 14.6 Å². The Labute approximate surface area is 223 Å². The third-order valence-electron chi connectivity index (χ3n) is 6.75. The number of carbonyl (C=O) groups is 2. The van der Waals surface area contributed by atoms with Crippen LogP contribution in [0.3, 0.4) is 0 Å². The van der Waals surface area contributed by atoms with Crippen LogP contribution >= 0.6 is 0 Å². The molecule has 0 radical (unpaired) electrons. The molecule has 11 heteroatoms. The average molecular weight is 527 g/mol. The van der Waals surface area contributed by atoms with E-state index in [0.717, 1.165) is 25.2 Å². The van der Waals surface area contributed by atoms with E-state index in [-0.39, 0.29) is 30.4 Å². The van der Waals surface area contributed by atoms with Crippen molar-refractivity contribution >= 4 is 24.0 Å². The highest BCUT2D eigenvalue weighted by Crippen LogP contribution is 2.27. The van der Waals surface area contributed by atoms with Gasteiger partial charge in [-0.3, -0.25) is 9.80 Å². The predicted molar refractivity (Wildman–Crippen MR) is 143 cm³/mol. The van der Waals surface area contributed by atoms with Crippen molar-refractivity contribution in [1.29, 1.82) is 0 Å². The number of anilines is 2. The Bertz CT molecular complexity index is 1110. The lowest BCUT2D eigenvalue weighted by Gasteiger charge is -2.33. The normalized spacial score (nSPS) is 20.2. The molecule has 1 aromatic carbocycles. The first-order valence-electron chi connectivity index (χ1n) is 13.0. The summed E-state index contributed by atoms with van der Waals surface area (Å²) in [5, 5.41) is 12.5. The molecule has 2 fully saturated rings. The zero-order valence-corrected chi connectivity index (χ0v) is 22.8. The number of carbonyl (C=O) groups excluding carboxylic acids is 1. The van der Waals surface area contributed by atoms with Crippen molar-refractivity contribution in [3.63, 3.8) is 0 Å². The lowest BCUT2D eigenvalue weighted by molar-refractivity contribution is -0.0618. The Morgan fingerprint density at radius 2 is 1.84 bits per heavy atom. The van der Waals surface area contributed by atoms with Gasteiger partial charge in [-0.05, 0) is 51.8 Å². The predicted octanol–water partition coefficient (Wildman–Crippen LogP) is 3.97. The van der Waals surface area contributed by atoms with Crippen LogP contribution < -0.4 is 10.2 Å². The molecular weight excluding hydrogens is 488 g/mol. The van der Waals surface area contributed by atoms with Crippen molar-refractivity contribution in [2.24, 2.45) is 0 Å². The minimum atomic E-state index is -0.853. The number of hydrogen-bond donors (Lipinski definition) is 2. The van der Waals surface area contributed by atoms with Gasteiger partial charge in [0.2, 0.25) is 5.95 Å². The minimum absolute atomic E-state index is 0.0668. The van der Waals surface area contributed by atoms with Crippen molar-refractivity contribution in [2.75, 3.05) is 43.0 Å². The fourth-order valence-electron chi connectivity index (χ4n) is 4.78. The number of nitrogens with one attached hydrogen (secondary N) is 1. The number of rotatable bonds is 8. The highest BCUT2D eigenvalue weighted by atomic mass is 16.6. The zero-order chi connectivity index (χ0) is 27.4. The zero-order valence-electron chi connectivity index (χ0n) is 22.8. The van der Waals surface area contributed by atoms with Crippen LogP contribution in [0.5, 0.6) is 0 Å². The van der Waals surface area contributed by atoms with Crippen LogP contribution in [0.1, 0.15) is 51.8 Å². The van der Waals surface area contributed by atoms with E-state index < -0.39 is 12.2 Å². The summed E-state index contributed by atoms with van der Waals surface area (Å²) in [6.07, 6.45) is 0.0836. The number of benzene rings is 1. The summed E-state index contributed by atoms with van der Waals surface area (Å²) >= 11 is 0. The fraction of sp³-hybridized carbons (Fsp3) is 0.556. The third-order valence-corrected chi connectivity index (χ3v) is 6.75.